The van der Waals surface area contributed by atoms with Crippen LogP contribution < -0.4 is 10.8 Å². The van der Waals surface area contributed by atoms with Gasteiger partial charge in [0.05, 0.1) is 11.2 Å². The average Bonchev–Trinajstić information content (AvgIpc) is 3.12. The molecule has 2 rings (SSSR count). The van der Waals surface area contributed by atoms with Gasteiger partial charge in [-0.05, 0) is 51.8 Å². The van der Waals surface area contributed by atoms with Crippen molar-refractivity contribution in [3.05, 3.63) is 17.8 Å². The maximum atomic E-state index is 13.6. The molecule has 1 aliphatic heterocycles. The zero-order chi connectivity index (χ0) is 20.9. The Kier molecular flexibility index (Phi) is 7.76. The van der Waals surface area contributed by atoms with Gasteiger partial charge in [-0.2, -0.15) is 13.2 Å². The normalized spacial score (nSPS) is 16.0. The summed E-state index contributed by atoms with van der Waals surface area (Å²) in [6, 6.07) is 1.07. The van der Waals surface area contributed by atoms with Gasteiger partial charge in [0.25, 0.3) is 0 Å². The number of nitrogens with zero attached hydrogens (tertiary/aromatic N) is 2. The van der Waals surface area contributed by atoms with E-state index >= 15 is 0 Å². The molecule has 0 aliphatic carbocycles. The number of alkyl halides is 3. The second-order valence-electron chi connectivity index (χ2n) is 8.08. The van der Waals surface area contributed by atoms with Gasteiger partial charge in [-0.25, -0.2) is 4.98 Å². The van der Waals surface area contributed by atoms with Crippen LogP contribution >= 0.6 is 0 Å². The largest absolute Gasteiger partial charge is 0.495 e. The molecule has 0 radical (unpaired) electrons. The van der Waals surface area contributed by atoms with Gasteiger partial charge in [0, 0.05) is 31.9 Å². The minimum atomic E-state index is -4.52. The van der Waals surface area contributed by atoms with E-state index in [1.807, 2.05) is 27.7 Å². The van der Waals surface area contributed by atoms with Crippen molar-refractivity contribution >= 4 is 18.4 Å². The second kappa shape index (κ2) is 9.46. The number of aromatic nitrogens is 1. The minimum absolute atomic E-state index is 0.159. The lowest BCUT2D eigenvalue weighted by Crippen LogP contribution is -2.46. The number of hydrogen-bond acceptors (Lipinski definition) is 5. The van der Waals surface area contributed by atoms with Gasteiger partial charge < -0.3 is 19.5 Å². The van der Waals surface area contributed by atoms with Crippen LogP contribution in [0.15, 0.2) is 12.3 Å². The Morgan fingerprint density at radius 1 is 1.25 bits per heavy atom. The van der Waals surface area contributed by atoms with Gasteiger partial charge in [-0.3, -0.25) is 0 Å². The molecule has 1 fully saturated rings. The van der Waals surface area contributed by atoms with E-state index in [1.54, 1.807) is 0 Å². The van der Waals surface area contributed by atoms with Gasteiger partial charge >= 0.3 is 13.3 Å². The summed E-state index contributed by atoms with van der Waals surface area (Å²) in [6.45, 7) is 10.9. The highest BCUT2D eigenvalue weighted by Gasteiger charge is 2.38. The molecule has 5 nitrogen and oxygen atoms in total. The molecule has 1 N–H and O–H groups in total. The number of nitrogens with one attached hydrogen (secondary N) is 1. The molecule has 1 aromatic heterocycles. The summed E-state index contributed by atoms with van der Waals surface area (Å²) in [4.78, 5) is 6.28. The number of halogens is 3. The smallest absolute Gasteiger partial charge is 0.410 e. The van der Waals surface area contributed by atoms with Crippen LogP contribution in [0, 0.1) is 5.92 Å². The molecule has 28 heavy (non-hydrogen) atoms. The summed E-state index contributed by atoms with van der Waals surface area (Å²) in [7, 11) is 0.487. The fourth-order valence-corrected chi connectivity index (χ4v) is 2.97. The van der Waals surface area contributed by atoms with Crippen molar-refractivity contribution in [1.29, 1.82) is 0 Å². The molecule has 0 aromatic carbocycles. The van der Waals surface area contributed by atoms with Crippen LogP contribution in [-0.2, 0) is 15.5 Å². The lowest BCUT2D eigenvalue weighted by Gasteiger charge is -2.32. The van der Waals surface area contributed by atoms with E-state index in [1.165, 1.54) is 13.3 Å². The molecule has 2 heterocycles. The molecule has 1 aromatic rings. The van der Waals surface area contributed by atoms with E-state index in [4.69, 9.17) is 9.31 Å². The molecule has 0 amide bonds. The Morgan fingerprint density at radius 2 is 1.89 bits per heavy atom. The maximum absolute atomic E-state index is 13.6. The summed E-state index contributed by atoms with van der Waals surface area (Å²) in [5, 5.41) is 2.84. The van der Waals surface area contributed by atoms with Crippen LogP contribution in [0.3, 0.4) is 0 Å². The first-order valence-corrected chi connectivity index (χ1v) is 9.78. The SMILES string of the molecule is COB(OC(C)(C)C(C)C)c1cnc(NCCN2CCCC2)c(C(F)(F)F)c1. The highest BCUT2D eigenvalue weighted by molar-refractivity contribution is 6.61. The van der Waals surface area contributed by atoms with Gasteiger partial charge in [0.2, 0.25) is 0 Å². The van der Waals surface area contributed by atoms with Crippen molar-refractivity contribution in [3.63, 3.8) is 0 Å². The van der Waals surface area contributed by atoms with Crippen molar-refractivity contribution < 1.29 is 22.5 Å². The predicted molar refractivity (Wildman–Crippen MR) is 106 cm³/mol. The van der Waals surface area contributed by atoms with Crippen molar-refractivity contribution in [2.45, 2.75) is 52.3 Å². The molecule has 0 bridgehead atoms. The number of hydrogen-bond donors (Lipinski definition) is 1. The third kappa shape index (κ3) is 6.09. The van der Waals surface area contributed by atoms with Gasteiger partial charge in [0.1, 0.15) is 5.82 Å². The topological polar surface area (TPSA) is 46.6 Å². The zero-order valence-corrected chi connectivity index (χ0v) is 17.4. The highest BCUT2D eigenvalue weighted by atomic mass is 19.4. The van der Waals surface area contributed by atoms with Crippen LogP contribution in [-0.4, -0.2) is 55.9 Å². The summed E-state index contributed by atoms with van der Waals surface area (Å²) in [6.07, 6.45) is -0.847. The molecule has 1 aliphatic rings. The molecule has 0 atom stereocenters. The molecule has 1 saturated heterocycles. The highest BCUT2D eigenvalue weighted by Crippen LogP contribution is 2.33. The van der Waals surface area contributed by atoms with Crippen molar-refractivity contribution in [2.24, 2.45) is 5.92 Å². The van der Waals surface area contributed by atoms with E-state index in [0.717, 1.165) is 32.0 Å². The van der Waals surface area contributed by atoms with Gasteiger partial charge in [-0.1, -0.05) is 13.8 Å². The zero-order valence-electron chi connectivity index (χ0n) is 17.4. The first kappa shape index (κ1) is 23.0. The van der Waals surface area contributed by atoms with E-state index in [-0.39, 0.29) is 17.2 Å². The van der Waals surface area contributed by atoms with E-state index in [2.05, 4.69) is 15.2 Å². The van der Waals surface area contributed by atoms with Crippen LogP contribution in [0.1, 0.15) is 46.1 Å². The molecular weight excluding hydrogens is 370 g/mol. The third-order valence-corrected chi connectivity index (χ3v) is 5.42. The molecule has 158 valence electrons. The second-order valence-corrected chi connectivity index (χ2v) is 8.08. The van der Waals surface area contributed by atoms with Crippen molar-refractivity contribution in [1.82, 2.24) is 9.88 Å². The summed E-state index contributed by atoms with van der Waals surface area (Å²) < 4.78 is 52.1. The maximum Gasteiger partial charge on any atom is 0.495 e. The Balaban J connectivity index is 2.17. The number of likely N-dealkylation sites (tertiary alicyclic amines) is 1. The monoisotopic (exact) mass is 401 g/mol. The molecule has 0 unspecified atom stereocenters. The predicted octanol–water partition coefficient (Wildman–Crippen LogP) is 3.40. The first-order valence-electron chi connectivity index (χ1n) is 9.78. The van der Waals surface area contributed by atoms with Gasteiger partial charge in [-0.15, -0.1) is 0 Å². The van der Waals surface area contributed by atoms with Crippen molar-refractivity contribution in [2.75, 3.05) is 38.6 Å². The fraction of sp³-hybridized carbons (Fsp3) is 0.737. The molecule has 0 saturated carbocycles. The summed E-state index contributed by atoms with van der Waals surface area (Å²) >= 11 is 0. The molecular formula is C19H31BF3N3O2. The fourth-order valence-electron chi connectivity index (χ4n) is 2.97. The van der Waals surface area contributed by atoms with E-state index < -0.39 is 24.5 Å². The Labute approximate surface area is 166 Å². The average molecular weight is 401 g/mol. The third-order valence-electron chi connectivity index (χ3n) is 5.42. The Morgan fingerprint density at radius 3 is 2.43 bits per heavy atom. The first-order chi connectivity index (χ1) is 13.0. The van der Waals surface area contributed by atoms with E-state index in [0.29, 0.717) is 13.1 Å². The van der Waals surface area contributed by atoms with Crippen LogP contribution in [0.2, 0.25) is 0 Å². The molecule has 0 spiro atoms. The van der Waals surface area contributed by atoms with Crippen LogP contribution in [0.4, 0.5) is 19.0 Å². The standard InChI is InChI=1S/C19H31BF3N3O2/c1-14(2)18(3,4)28-20(27-5)15-12-16(19(21,22)23)17(25-13-15)24-8-11-26-9-6-7-10-26/h12-14H,6-11H2,1-5H3,(H,24,25). The number of anilines is 1. The Bertz CT molecular complexity index is 635. The summed E-state index contributed by atoms with van der Waals surface area (Å²) in [5.74, 6) is 0.000132. The van der Waals surface area contributed by atoms with E-state index in [9.17, 15) is 13.2 Å². The molecule has 9 heteroatoms. The summed E-state index contributed by atoms with van der Waals surface area (Å²) in [5.41, 5.74) is -1.13. The van der Waals surface area contributed by atoms with Crippen molar-refractivity contribution in [3.8, 4) is 0 Å². The Hall–Kier alpha value is -1.32. The minimum Gasteiger partial charge on any atom is -0.410 e. The van der Waals surface area contributed by atoms with Crippen LogP contribution in [0.25, 0.3) is 0 Å². The quantitative estimate of drug-likeness (QED) is 0.643. The lowest BCUT2D eigenvalue weighted by atomic mass is 9.77. The number of pyridine rings is 1. The lowest BCUT2D eigenvalue weighted by molar-refractivity contribution is -0.137. The van der Waals surface area contributed by atoms with Gasteiger partial charge in [0.15, 0.2) is 0 Å². The number of rotatable bonds is 9. The van der Waals surface area contributed by atoms with Crippen LogP contribution in [0.5, 0.6) is 0 Å².